The van der Waals surface area contributed by atoms with Crippen molar-refractivity contribution >= 4 is 28.5 Å². The van der Waals surface area contributed by atoms with E-state index >= 15 is 4.39 Å². The second-order valence-corrected chi connectivity index (χ2v) is 10.1. The average Bonchev–Trinajstić information content (AvgIpc) is 3.39. The van der Waals surface area contributed by atoms with Gasteiger partial charge < -0.3 is 15.0 Å². The van der Waals surface area contributed by atoms with Crippen molar-refractivity contribution in [3.8, 4) is 0 Å². The molecule has 1 amide bonds. The van der Waals surface area contributed by atoms with Crippen LogP contribution < -0.4 is 16.6 Å². The Hall–Kier alpha value is -3.17. The molecule has 0 radical (unpaired) electrons. The fourth-order valence-corrected chi connectivity index (χ4v) is 5.62. The smallest absolute Gasteiger partial charge is 0.331 e. The van der Waals surface area contributed by atoms with E-state index in [0.29, 0.717) is 11.2 Å². The number of benzene rings is 1. The molecule has 2 aromatic rings. The number of nitrogens with one attached hydrogen (secondary N) is 1. The second kappa shape index (κ2) is 11.9. The van der Waals surface area contributed by atoms with Gasteiger partial charge in [-0.15, -0.1) is 0 Å². The van der Waals surface area contributed by atoms with Crippen LogP contribution in [-0.4, -0.2) is 51.6 Å². The van der Waals surface area contributed by atoms with Crippen LogP contribution in [0.5, 0.6) is 0 Å². The number of rotatable bonds is 9. The highest BCUT2D eigenvalue weighted by Crippen LogP contribution is 2.32. The zero-order chi connectivity index (χ0) is 26.5. The van der Waals surface area contributed by atoms with Crippen LogP contribution in [0.4, 0.5) is 10.1 Å². The minimum absolute atomic E-state index is 0.0245. The highest BCUT2D eigenvalue weighted by atomic mass is 19.1. The van der Waals surface area contributed by atoms with Crippen LogP contribution in [0, 0.1) is 5.82 Å². The molecule has 0 saturated heterocycles. The zero-order valence-electron chi connectivity index (χ0n) is 21.8. The lowest BCUT2D eigenvalue weighted by Crippen LogP contribution is -2.45. The fraction of sp³-hybridized carbons (Fsp3) is 0.630. The van der Waals surface area contributed by atoms with Gasteiger partial charge in [0.2, 0.25) is 5.91 Å². The summed E-state index contributed by atoms with van der Waals surface area (Å²) < 4.78 is 22.9. The van der Waals surface area contributed by atoms with E-state index in [9.17, 15) is 19.2 Å². The number of ether oxygens (including phenoxy) is 1. The molecular formula is C27H37FN4O5. The van der Waals surface area contributed by atoms with Crippen LogP contribution in [0.2, 0.25) is 0 Å². The third-order valence-electron chi connectivity index (χ3n) is 7.58. The molecule has 10 heteroatoms. The van der Waals surface area contributed by atoms with Gasteiger partial charge in [0.05, 0.1) is 23.2 Å². The van der Waals surface area contributed by atoms with Crippen molar-refractivity contribution in [2.45, 2.75) is 90.3 Å². The number of halogens is 1. The lowest BCUT2D eigenvalue weighted by atomic mass is 9.95. The molecule has 2 aliphatic carbocycles. The molecule has 0 atom stereocenters. The van der Waals surface area contributed by atoms with E-state index in [0.717, 1.165) is 55.9 Å². The summed E-state index contributed by atoms with van der Waals surface area (Å²) in [6.45, 7) is 2.77. The van der Waals surface area contributed by atoms with Crippen molar-refractivity contribution in [2.75, 3.05) is 25.0 Å². The fourth-order valence-electron chi connectivity index (χ4n) is 5.62. The van der Waals surface area contributed by atoms with Gasteiger partial charge in [-0.2, -0.15) is 0 Å². The Balaban J connectivity index is 1.73. The Kier molecular flexibility index (Phi) is 8.66. The van der Waals surface area contributed by atoms with E-state index in [1.807, 2.05) is 0 Å². The number of carbonyl (C=O) groups is 2. The van der Waals surface area contributed by atoms with Gasteiger partial charge in [-0.25, -0.2) is 9.18 Å². The normalized spacial score (nSPS) is 16.7. The number of nitrogens with zero attached hydrogens (tertiary/aromatic N) is 3. The first kappa shape index (κ1) is 26.9. The van der Waals surface area contributed by atoms with Crippen LogP contribution in [0.15, 0.2) is 21.7 Å². The quantitative estimate of drug-likeness (QED) is 0.511. The predicted octanol–water partition coefficient (Wildman–Crippen LogP) is 3.57. The van der Waals surface area contributed by atoms with Crippen LogP contribution in [0.3, 0.4) is 0 Å². The molecule has 0 unspecified atom stereocenters. The maximum Gasteiger partial charge on any atom is 0.331 e. The van der Waals surface area contributed by atoms with Gasteiger partial charge in [-0.05, 0) is 44.7 Å². The maximum absolute atomic E-state index is 15.2. The first-order chi connectivity index (χ1) is 17.8. The minimum atomic E-state index is -0.600. The monoisotopic (exact) mass is 516 g/mol. The van der Waals surface area contributed by atoms with Gasteiger partial charge in [0.25, 0.3) is 5.56 Å². The summed E-state index contributed by atoms with van der Waals surface area (Å²) in [7, 11) is 0. The van der Waals surface area contributed by atoms with E-state index in [-0.39, 0.29) is 49.6 Å². The highest BCUT2D eigenvalue weighted by molar-refractivity contribution is 5.83. The highest BCUT2D eigenvalue weighted by Gasteiger charge is 2.25. The van der Waals surface area contributed by atoms with Gasteiger partial charge >= 0.3 is 11.7 Å². The van der Waals surface area contributed by atoms with Crippen molar-refractivity contribution in [3.05, 3.63) is 38.8 Å². The predicted molar refractivity (Wildman–Crippen MR) is 139 cm³/mol. The summed E-state index contributed by atoms with van der Waals surface area (Å²) >= 11 is 0. The Labute approximate surface area is 215 Å². The molecule has 2 fully saturated rings. The zero-order valence-corrected chi connectivity index (χ0v) is 21.8. The van der Waals surface area contributed by atoms with Gasteiger partial charge in [0.1, 0.15) is 12.4 Å². The SMILES string of the molecule is CCOC(=O)CN(CCn1c(=O)c2cc(F)c(NC3CCCCC3)cc2n(C2CCCC2)c1=O)C(C)=O. The Morgan fingerprint density at radius 3 is 2.41 bits per heavy atom. The van der Waals surface area contributed by atoms with Crippen molar-refractivity contribution in [1.82, 2.24) is 14.0 Å². The summed E-state index contributed by atoms with van der Waals surface area (Å²) in [5.41, 5.74) is -0.316. The molecule has 202 valence electrons. The molecule has 1 aromatic carbocycles. The van der Waals surface area contributed by atoms with Crippen LogP contribution in [0.25, 0.3) is 10.9 Å². The lowest BCUT2D eigenvalue weighted by molar-refractivity contribution is -0.148. The standard InChI is InChI=1S/C27H37FN4O5/c1-3-37-25(34)17-30(18(2)33)13-14-31-26(35)21-15-22(28)23(29-19-9-5-4-6-10-19)16-24(21)32(27(31)36)20-11-7-8-12-20/h15-16,19-20,29H,3-14,17H2,1-2H3. The lowest BCUT2D eigenvalue weighted by Gasteiger charge is -2.25. The summed E-state index contributed by atoms with van der Waals surface area (Å²) in [5.74, 6) is -1.46. The number of aromatic nitrogens is 2. The second-order valence-electron chi connectivity index (χ2n) is 10.1. The topological polar surface area (TPSA) is 103 Å². The molecule has 0 aliphatic heterocycles. The Morgan fingerprint density at radius 1 is 1.08 bits per heavy atom. The molecule has 4 rings (SSSR count). The number of amides is 1. The number of anilines is 1. The molecule has 2 aliphatic rings. The van der Waals surface area contributed by atoms with Crippen LogP contribution in [0.1, 0.15) is 77.7 Å². The van der Waals surface area contributed by atoms with Gasteiger partial charge in [0.15, 0.2) is 0 Å². The molecule has 2 saturated carbocycles. The molecule has 37 heavy (non-hydrogen) atoms. The van der Waals surface area contributed by atoms with Crippen molar-refractivity contribution in [2.24, 2.45) is 0 Å². The Morgan fingerprint density at radius 2 is 1.76 bits per heavy atom. The summed E-state index contributed by atoms with van der Waals surface area (Å²) in [5, 5.41) is 3.44. The molecule has 0 spiro atoms. The Bertz CT molecular complexity index is 1260. The number of hydrogen-bond acceptors (Lipinski definition) is 6. The number of hydrogen-bond donors (Lipinski definition) is 1. The van der Waals surface area contributed by atoms with E-state index in [1.54, 1.807) is 17.6 Å². The molecule has 1 heterocycles. The molecule has 1 N–H and O–H groups in total. The van der Waals surface area contributed by atoms with Crippen molar-refractivity contribution in [1.29, 1.82) is 0 Å². The van der Waals surface area contributed by atoms with E-state index in [2.05, 4.69) is 5.32 Å². The van der Waals surface area contributed by atoms with Crippen LogP contribution >= 0.6 is 0 Å². The van der Waals surface area contributed by atoms with E-state index in [4.69, 9.17) is 4.74 Å². The van der Waals surface area contributed by atoms with E-state index < -0.39 is 23.0 Å². The van der Waals surface area contributed by atoms with Gasteiger partial charge in [-0.1, -0.05) is 32.1 Å². The first-order valence-corrected chi connectivity index (χ1v) is 13.5. The number of esters is 1. The molecular weight excluding hydrogens is 479 g/mol. The average molecular weight is 517 g/mol. The molecule has 0 bridgehead atoms. The van der Waals surface area contributed by atoms with Crippen LogP contribution in [-0.2, 0) is 20.9 Å². The number of fused-ring (bicyclic) bond motifs is 1. The third kappa shape index (κ3) is 6.05. The van der Waals surface area contributed by atoms with Gasteiger partial charge in [0, 0.05) is 32.1 Å². The largest absolute Gasteiger partial charge is 0.465 e. The molecule has 1 aromatic heterocycles. The minimum Gasteiger partial charge on any atom is -0.465 e. The van der Waals surface area contributed by atoms with Crippen molar-refractivity contribution < 1.29 is 18.7 Å². The molecule has 9 nitrogen and oxygen atoms in total. The third-order valence-corrected chi connectivity index (χ3v) is 7.58. The summed E-state index contributed by atoms with van der Waals surface area (Å²) in [4.78, 5) is 52.4. The summed E-state index contributed by atoms with van der Waals surface area (Å²) in [6, 6.07) is 2.93. The number of carbonyl (C=O) groups excluding carboxylic acids is 2. The summed E-state index contributed by atoms with van der Waals surface area (Å²) in [6.07, 6.45) is 8.86. The van der Waals surface area contributed by atoms with E-state index in [1.165, 1.54) is 24.3 Å². The van der Waals surface area contributed by atoms with Crippen molar-refractivity contribution in [3.63, 3.8) is 0 Å². The first-order valence-electron chi connectivity index (χ1n) is 13.5. The van der Waals surface area contributed by atoms with Gasteiger partial charge in [-0.3, -0.25) is 23.5 Å². The maximum atomic E-state index is 15.2.